The highest BCUT2D eigenvalue weighted by atomic mass is 35.5. The molecular weight excluding hydrogens is 384 g/mol. The number of benzene rings is 1. The number of hydrogen-bond donors (Lipinski definition) is 4. The molecule has 4 atom stereocenters. The summed E-state index contributed by atoms with van der Waals surface area (Å²) in [5, 5.41) is 32.3. The molecule has 0 aliphatic carbocycles. The van der Waals surface area contributed by atoms with E-state index in [2.05, 4.69) is 9.97 Å². The van der Waals surface area contributed by atoms with Gasteiger partial charge in [-0.3, -0.25) is 10.7 Å². The monoisotopic (exact) mass is 404 g/mol. The van der Waals surface area contributed by atoms with Crippen molar-refractivity contribution in [3.63, 3.8) is 0 Å². The van der Waals surface area contributed by atoms with Crippen LogP contribution in [0.1, 0.15) is 31.7 Å². The third kappa shape index (κ3) is 2.94. The Bertz CT molecular complexity index is 991. The van der Waals surface area contributed by atoms with Gasteiger partial charge in [0.25, 0.3) is 0 Å². The Kier molecular flexibility index (Phi) is 4.76. The molecule has 0 spiro atoms. The van der Waals surface area contributed by atoms with Crippen molar-refractivity contribution in [2.24, 2.45) is 5.41 Å². The number of aliphatic hydroxyl groups excluding tert-OH is 2. The van der Waals surface area contributed by atoms with Gasteiger partial charge in [-0.1, -0.05) is 37.6 Å². The number of halogens is 1. The van der Waals surface area contributed by atoms with Crippen molar-refractivity contribution < 1.29 is 20.2 Å². The van der Waals surface area contributed by atoms with Gasteiger partial charge in [0.2, 0.25) is 0 Å². The predicted octanol–water partition coefficient (Wildman–Crippen LogP) is 2.90. The van der Waals surface area contributed by atoms with E-state index >= 15 is 0 Å². The summed E-state index contributed by atoms with van der Waals surface area (Å²) < 4.78 is 7.83. The van der Waals surface area contributed by atoms with E-state index in [0.717, 1.165) is 0 Å². The first kappa shape index (κ1) is 19.1. The van der Waals surface area contributed by atoms with E-state index in [1.165, 1.54) is 6.33 Å². The van der Waals surface area contributed by atoms with Crippen molar-refractivity contribution in [2.75, 3.05) is 5.48 Å². The van der Waals surface area contributed by atoms with Gasteiger partial charge in [-0.05, 0) is 23.8 Å². The number of fused-ring (bicyclic) bond motifs is 1. The Balaban J connectivity index is 1.70. The van der Waals surface area contributed by atoms with Crippen molar-refractivity contribution in [3.05, 3.63) is 53.4 Å². The van der Waals surface area contributed by atoms with Crippen molar-refractivity contribution >= 4 is 28.5 Å². The number of aliphatic hydroxyl groups is 2. The number of nitrogens with zero attached hydrogens (tertiary/aromatic N) is 3. The summed E-state index contributed by atoms with van der Waals surface area (Å²) in [4.78, 5) is 8.21. The van der Waals surface area contributed by atoms with Crippen LogP contribution in [-0.2, 0) is 4.74 Å². The average molecular weight is 405 g/mol. The number of anilines is 1. The number of aromatic nitrogens is 3. The zero-order chi connectivity index (χ0) is 20.1. The summed E-state index contributed by atoms with van der Waals surface area (Å²) in [5.41, 5.74) is 2.44. The summed E-state index contributed by atoms with van der Waals surface area (Å²) in [7, 11) is 0. The van der Waals surface area contributed by atoms with Gasteiger partial charge in [-0.2, -0.15) is 0 Å². The Labute approximate surface area is 166 Å². The molecule has 1 aromatic carbocycles. The van der Waals surface area contributed by atoms with Gasteiger partial charge >= 0.3 is 0 Å². The van der Waals surface area contributed by atoms with Crippen LogP contribution in [0.5, 0.6) is 0 Å². The molecule has 0 saturated carbocycles. The highest BCUT2D eigenvalue weighted by Crippen LogP contribution is 2.48. The Morgan fingerprint density at radius 1 is 1.21 bits per heavy atom. The van der Waals surface area contributed by atoms with E-state index in [-0.39, 0.29) is 5.82 Å². The van der Waals surface area contributed by atoms with Gasteiger partial charge in [-0.25, -0.2) is 9.97 Å². The lowest BCUT2D eigenvalue weighted by Crippen LogP contribution is -2.38. The molecule has 3 heterocycles. The fourth-order valence-electron chi connectivity index (χ4n) is 3.73. The lowest BCUT2D eigenvalue weighted by molar-refractivity contribution is -0.0839. The van der Waals surface area contributed by atoms with Crippen LogP contribution in [-0.4, -0.2) is 42.2 Å². The largest absolute Gasteiger partial charge is 0.388 e. The minimum absolute atomic E-state index is 0.258. The normalized spacial score (nSPS) is 25.1. The maximum absolute atomic E-state index is 11.0. The second-order valence-electron chi connectivity index (χ2n) is 7.50. The Morgan fingerprint density at radius 2 is 1.93 bits per heavy atom. The van der Waals surface area contributed by atoms with E-state index in [4.69, 9.17) is 16.3 Å². The summed E-state index contributed by atoms with van der Waals surface area (Å²) in [6, 6.07) is 8.61. The number of ether oxygens (including phenoxy) is 1. The van der Waals surface area contributed by atoms with Crippen molar-refractivity contribution in [1.82, 2.24) is 14.5 Å². The molecule has 4 rings (SSSR count). The van der Waals surface area contributed by atoms with Gasteiger partial charge in [0, 0.05) is 16.6 Å². The molecular formula is C19H21ClN4O4. The molecule has 0 radical (unpaired) electrons. The molecule has 0 amide bonds. The number of rotatable bonds is 4. The van der Waals surface area contributed by atoms with Crippen LogP contribution in [0.3, 0.4) is 0 Å². The maximum atomic E-state index is 11.0. The van der Waals surface area contributed by atoms with Gasteiger partial charge < -0.3 is 19.5 Å². The third-order valence-corrected chi connectivity index (χ3v) is 5.69. The van der Waals surface area contributed by atoms with Crippen LogP contribution in [0.25, 0.3) is 11.0 Å². The van der Waals surface area contributed by atoms with Crippen LogP contribution in [0, 0.1) is 5.41 Å². The van der Waals surface area contributed by atoms with Gasteiger partial charge in [0.1, 0.15) is 24.2 Å². The van der Waals surface area contributed by atoms with Crippen LogP contribution in [0.2, 0.25) is 5.02 Å². The summed E-state index contributed by atoms with van der Waals surface area (Å²) in [5.74, 6) is 0.258. The molecule has 2 aromatic heterocycles. The summed E-state index contributed by atoms with van der Waals surface area (Å²) >= 11 is 5.93. The number of nitrogens with one attached hydrogen (secondary N) is 1. The number of hydrogen-bond acceptors (Lipinski definition) is 7. The first-order valence-electron chi connectivity index (χ1n) is 8.83. The predicted molar refractivity (Wildman–Crippen MR) is 103 cm³/mol. The Hall–Kier alpha value is -2.23. The molecule has 148 valence electrons. The zero-order valence-electron chi connectivity index (χ0n) is 15.3. The molecule has 1 unspecified atom stereocenters. The topological polar surface area (TPSA) is 113 Å². The molecule has 1 saturated heterocycles. The molecule has 9 heteroatoms. The standard InChI is InChI=1S/C19H21ClN4O4/c1-19(2)14(26)18(24-8-7-12-16(23-27)21-9-22-17(12)24)28-15(19)13(25)10-3-5-11(20)6-4-10/h3-9,13-15,18,25-27H,1-2H3,(H,21,22,23)/t13-,14+,15?,18-/m1/s1. The first-order chi connectivity index (χ1) is 13.3. The average Bonchev–Trinajstić information content (AvgIpc) is 3.21. The lowest BCUT2D eigenvalue weighted by atomic mass is 9.79. The molecule has 28 heavy (non-hydrogen) atoms. The van der Waals surface area contributed by atoms with Gasteiger partial charge in [-0.15, -0.1) is 0 Å². The summed E-state index contributed by atoms with van der Waals surface area (Å²) in [6.07, 6.45) is -0.261. The SMILES string of the molecule is CC1(C)C([C@H](O)c2ccc(Cl)cc2)O[C@@H](n2ccc3c(NO)ncnc32)[C@@H]1O. The molecule has 3 aromatic rings. The van der Waals surface area contributed by atoms with E-state index in [1.807, 2.05) is 19.3 Å². The fourth-order valence-corrected chi connectivity index (χ4v) is 3.86. The van der Waals surface area contributed by atoms with Crippen LogP contribution in [0.4, 0.5) is 5.82 Å². The third-order valence-electron chi connectivity index (χ3n) is 5.44. The molecule has 1 fully saturated rings. The zero-order valence-corrected chi connectivity index (χ0v) is 16.1. The van der Waals surface area contributed by atoms with Crippen molar-refractivity contribution in [3.8, 4) is 0 Å². The van der Waals surface area contributed by atoms with Crippen LogP contribution >= 0.6 is 11.6 Å². The molecule has 1 aliphatic heterocycles. The fraction of sp³-hybridized carbons (Fsp3) is 0.368. The molecule has 4 N–H and O–H groups in total. The minimum Gasteiger partial charge on any atom is -0.388 e. The van der Waals surface area contributed by atoms with Crippen molar-refractivity contribution in [2.45, 2.75) is 38.4 Å². The second-order valence-corrected chi connectivity index (χ2v) is 7.94. The molecule has 1 aliphatic rings. The highest BCUT2D eigenvalue weighted by Gasteiger charge is 2.53. The van der Waals surface area contributed by atoms with E-state index < -0.39 is 30.0 Å². The van der Waals surface area contributed by atoms with Gasteiger partial charge in [0.05, 0.1) is 11.5 Å². The van der Waals surface area contributed by atoms with Crippen LogP contribution in [0.15, 0.2) is 42.9 Å². The summed E-state index contributed by atoms with van der Waals surface area (Å²) in [6.45, 7) is 3.70. The second kappa shape index (κ2) is 6.98. The maximum Gasteiger partial charge on any atom is 0.162 e. The van der Waals surface area contributed by atoms with Crippen molar-refractivity contribution in [1.29, 1.82) is 0 Å². The smallest absolute Gasteiger partial charge is 0.162 e. The first-order valence-corrected chi connectivity index (χ1v) is 9.21. The van der Waals surface area contributed by atoms with Gasteiger partial charge in [0.15, 0.2) is 12.0 Å². The van der Waals surface area contributed by atoms with E-state index in [9.17, 15) is 15.4 Å². The minimum atomic E-state index is -0.946. The molecule has 8 nitrogen and oxygen atoms in total. The highest BCUT2D eigenvalue weighted by molar-refractivity contribution is 6.30. The van der Waals surface area contributed by atoms with Crippen LogP contribution < -0.4 is 5.48 Å². The van der Waals surface area contributed by atoms with E-state index in [1.54, 1.807) is 41.1 Å². The quantitative estimate of drug-likeness (QED) is 0.494. The molecule has 0 bridgehead atoms. The lowest BCUT2D eigenvalue weighted by Gasteiger charge is -2.31. The van der Waals surface area contributed by atoms with E-state index in [0.29, 0.717) is 21.6 Å². The Morgan fingerprint density at radius 3 is 2.61 bits per heavy atom.